The summed E-state index contributed by atoms with van der Waals surface area (Å²) in [4.78, 5) is 11.4. The number of ether oxygens (including phenoxy) is 1. The van der Waals surface area contributed by atoms with Crippen LogP contribution in [0, 0.1) is 19.3 Å². The van der Waals surface area contributed by atoms with Crippen molar-refractivity contribution in [1.29, 1.82) is 0 Å². The zero-order valence-corrected chi connectivity index (χ0v) is 9.02. The molecule has 16 heavy (non-hydrogen) atoms. The summed E-state index contributed by atoms with van der Waals surface area (Å²) in [6.45, 7) is 1.62. The van der Waals surface area contributed by atoms with Gasteiger partial charge >= 0.3 is 5.97 Å². The van der Waals surface area contributed by atoms with E-state index in [2.05, 4.69) is 10.7 Å². The van der Waals surface area contributed by atoms with Gasteiger partial charge in [0.05, 0.1) is 12.7 Å². The number of benzene rings is 1. The second-order valence-electron chi connectivity index (χ2n) is 3.21. The van der Waals surface area contributed by atoms with Gasteiger partial charge in [-0.15, -0.1) is 6.42 Å². The van der Waals surface area contributed by atoms with Crippen LogP contribution in [0.3, 0.4) is 0 Å². The third-order valence-electron chi connectivity index (χ3n) is 2.33. The molecule has 4 nitrogen and oxygen atoms in total. The smallest absolute Gasteiger partial charge is 0.338 e. The summed E-state index contributed by atoms with van der Waals surface area (Å²) in [5, 5.41) is 18.5. The van der Waals surface area contributed by atoms with E-state index in [0.29, 0.717) is 11.1 Å². The highest BCUT2D eigenvalue weighted by atomic mass is 16.5. The van der Waals surface area contributed by atoms with Gasteiger partial charge in [0.25, 0.3) is 0 Å². The van der Waals surface area contributed by atoms with Crippen LogP contribution in [0.5, 0.6) is 0 Å². The van der Waals surface area contributed by atoms with Crippen LogP contribution >= 0.6 is 0 Å². The zero-order valence-electron chi connectivity index (χ0n) is 9.02. The number of rotatable bonds is 2. The molecule has 2 N–H and O–H groups in total. The fraction of sp³-hybridized carbons (Fsp3) is 0.250. The van der Waals surface area contributed by atoms with Crippen molar-refractivity contribution in [3.05, 3.63) is 34.4 Å². The number of carbonyl (C=O) groups excluding carboxylic acids is 1. The average Bonchev–Trinajstić information content (AvgIpc) is 2.26. The van der Waals surface area contributed by atoms with E-state index in [1.54, 1.807) is 13.0 Å². The number of aliphatic hydroxyl groups is 2. The van der Waals surface area contributed by atoms with Crippen LogP contribution in [-0.2, 0) is 4.74 Å². The minimum absolute atomic E-state index is 0.0855. The highest BCUT2D eigenvalue weighted by Crippen LogP contribution is 2.24. The molecular weight excluding hydrogens is 208 g/mol. The molecule has 0 bridgehead atoms. The number of terminal acetylenes is 1. The van der Waals surface area contributed by atoms with Crippen molar-refractivity contribution in [2.24, 2.45) is 0 Å². The SMILES string of the molecule is C#Cc1ccc(C(=O)OC)c(C(O)O)c1C. The molecule has 1 aromatic carbocycles. The molecule has 0 aromatic heterocycles. The molecule has 0 saturated carbocycles. The van der Waals surface area contributed by atoms with E-state index in [0.717, 1.165) is 0 Å². The molecule has 0 unspecified atom stereocenters. The summed E-state index contributed by atoms with van der Waals surface area (Å²) in [5.41, 5.74) is 1.19. The molecule has 84 valence electrons. The van der Waals surface area contributed by atoms with E-state index >= 15 is 0 Å². The molecule has 0 fully saturated rings. The summed E-state index contributed by atoms with van der Waals surface area (Å²) in [6.07, 6.45) is 3.49. The largest absolute Gasteiger partial charge is 0.465 e. The van der Waals surface area contributed by atoms with E-state index in [1.165, 1.54) is 13.2 Å². The molecular formula is C12H12O4. The normalized spacial score (nSPS) is 10.0. The maximum absolute atomic E-state index is 11.4. The molecule has 0 heterocycles. The molecule has 0 aliphatic rings. The van der Waals surface area contributed by atoms with E-state index in [-0.39, 0.29) is 11.1 Å². The summed E-state index contributed by atoms with van der Waals surface area (Å²) >= 11 is 0. The first-order valence-electron chi connectivity index (χ1n) is 4.57. The van der Waals surface area contributed by atoms with Crippen LogP contribution < -0.4 is 0 Å². The fourth-order valence-electron chi connectivity index (χ4n) is 1.51. The Hall–Kier alpha value is -1.83. The Kier molecular flexibility index (Phi) is 3.67. The lowest BCUT2D eigenvalue weighted by molar-refractivity contribution is -0.0438. The Morgan fingerprint density at radius 3 is 2.56 bits per heavy atom. The molecule has 4 heteroatoms. The van der Waals surface area contributed by atoms with Crippen molar-refractivity contribution in [2.45, 2.75) is 13.2 Å². The number of esters is 1. The van der Waals surface area contributed by atoms with E-state index in [4.69, 9.17) is 6.42 Å². The van der Waals surface area contributed by atoms with Crippen LogP contribution in [-0.4, -0.2) is 23.3 Å². The van der Waals surface area contributed by atoms with E-state index < -0.39 is 12.3 Å². The molecule has 0 spiro atoms. The maximum atomic E-state index is 11.4. The molecule has 1 rings (SSSR count). The number of hydrogen-bond donors (Lipinski definition) is 2. The van der Waals surface area contributed by atoms with Crippen molar-refractivity contribution in [3.63, 3.8) is 0 Å². The monoisotopic (exact) mass is 220 g/mol. The van der Waals surface area contributed by atoms with Crippen LogP contribution in [0.4, 0.5) is 0 Å². The van der Waals surface area contributed by atoms with Gasteiger partial charge in [-0.25, -0.2) is 4.79 Å². The Morgan fingerprint density at radius 2 is 2.12 bits per heavy atom. The highest BCUT2D eigenvalue weighted by molar-refractivity contribution is 5.91. The molecule has 0 atom stereocenters. The van der Waals surface area contributed by atoms with E-state index in [1.807, 2.05) is 0 Å². The summed E-state index contributed by atoms with van der Waals surface area (Å²) in [7, 11) is 1.22. The van der Waals surface area contributed by atoms with Crippen LogP contribution in [0.1, 0.15) is 33.3 Å². The molecule has 0 saturated heterocycles. The second kappa shape index (κ2) is 4.79. The van der Waals surface area contributed by atoms with Gasteiger partial charge in [0.2, 0.25) is 0 Å². The summed E-state index contributed by atoms with van der Waals surface area (Å²) in [5.74, 6) is 1.77. The molecule has 0 amide bonds. The Balaban J connectivity index is 3.48. The van der Waals surface area contributed by atoms with Gasteiger partial charge in [-0.3, -0.25) is 0 Å². The van der Waals surface area contributed by atoms with Gasteiger partial charge in [-0.1, -0.05) is 5.92 Å². The zero-order chi connectivity index (χ0) is 12.3. The first-order valence-corrected chi connectivity index (χ1v) is 4.57. The lowest BCUT2D eigenvalue weighted by Crippen LogP contribution is -2.11. The Bertz CT molecular complexity index is 455. The van der Waals surface area contributed by atoms with E-state index in [9.17, 15) is 15.0 Å². The standard InChI is InChI=1S/C12H12O4/c1-4-8-5-6-9(12(15)16-3)10(7(8)2)11(13)14/h1,5-6,11,13-14H,2-3H3. The Labute approximate surface area is 93.5 Å². The number of methoxy groups -OCH3 is 1. The second-order valence-corrected chi connectivity index (χ2v) is 3.21. The van der Waals surface area contributed by atoms with Gasteiger partial charge in [0, 0.05) is 11.1 Å². The average molecular weight is 220 g/mol. The van der Waals surface area contributed by atoms with Crippen molar-refractivity contribution in [3.8, 4) is 12.3 Å². The lowest BCUT2D eigenvalue weighted by atomic mass is 9.96. The topological polar surface area (TPSA) is 66.8 Å². The summed E-state index contributed by atoms with van der Waals surface area (Å²) < 4.78 is 4.54. The van der Waals surface area contributed by atoms with Crippen LogP contribution in [0.15, 0.2) is 12.1 Å². The van der Waals surface area contributed by atoms with Gasteiger partial charge < -0.3 is 14.9 Å². The van der Waals surface area contributed by atoms with Crippen LogP contribution in [0.25, 0.3) is 0 Å². The van der Waals surface area contributed by atoms with Crippen LogP contribution in [0.2, 0.25) is 0 Å². The molecule has 0 radical (unpaired) electrons. The number of hydrogen-bond acceptors (Lipinski definition) is 4. The highest BCUT2D eigenvalue weighted by Gasteiger charge is 2.20. The summed E-state index contributed by atoms with van der Waals surface area (Å²) in [6, 6.07) is 2.98. The molecule has 0 aliphatic carbocycles. The number of carbonyl (C=O) groups is 1. The minimum atomic E-state index is -1.76. The predicted octanol–water partition coefficient (Wildman–Crippen LogP) is 0.746. The fourth-order valence-corrected chi connectivity index (χ4v) is 1.51. The molecule has 0 aliphatic heterocycles. The third-order valence-corrected chi connectivity index (χ3v) is 2.33. The van der Waals surface area contributed by atoms with Crippen molar-refractivity contribution < 1.29 is 19.7 Å². The minimum Gasteiger partial charge on any atom is -0.465 e. The van der Waals surface area contributed by atoms with Crippen molar-refractivity contribution in [1.82, 2.24) is 0 Å². The predicted molar refractivity (Wildman–Crippen MR) is 57.6 cm³/mol. The third kappa shape index (κ3) is 2.06. The number of aliphatic hydroxyl groups excluding tert-OH is 1. The van der Waals surface area contributed by atoms with Gasteiger partial charge in [-0.05, 0) is 24.6 Å². The van der Waals surface area contributed by atoms with Gasteiger partial charge in [0.1, 0.15) is 0 Å². The van der Waals surface area contributed by atoms with Crippen molar-refractivity contribution >= 4 is 5.97 Å². The van der Waals surface area contributed by atoms with Gasteiger partial charge in [-0.2, -0.15) is 0 Å². The van der Waals surface area contributed by atoms with Crippen molar-refractivity contribution in [2.75, 3.05) is 7.11 Å². The Morgan fingerprint density at radius 1 is 1.50 bits per heavy atom. The first-order chi connectivity index (χ1) is 7.52. The quantitative estimate of drug-likeness (QED) is 0.438. The molecule has 1 aromatic rings. The maximum Gasteiger partial charge on any atom is 0.338 e. The first kappa shape index (κ1) is 12.2. The lowest BCUT2D eigenvalue weighted by Gasteiger charge is -2.14. The van der Waals surface area contributed by atoms with Gasteiger partial charge in [0.15, 0.2) is 6.29 Å².